The molecule has 0 atom stereocenters. The number of carbonyl (C=O) groups is 1. The van der Waals surface area contributed by atoms with E-state index in [0.717, 1.165) is 18.7 Å². The summed E-state index contributed by atoms with van der Waals surface area (Å²) >= 11 is 0. The van der Waals surface area contributed by atoms with E-state index in [2.05, 4.69) is 39.7 Å². The third kappa shape index (κ3) is 4.80. The van der Waals surface area contributed by atoms with Gasteiger partial charge < -0.3 is 10.6 Å². The Morgan fingerprint density at radius 1 is 1.32 bits per heavy atom. The number of hydrogen-bond donors (Lipinski definition) is 2. The number of aromatic nitrogens is 3. The van der Waals surface area contributed by atoms with E-state index in [4.69, 9.17) is 0 Å². The fraction of sp³-hybridized carbons (Fsp3) is 0.375. The van der Waals surface area contributed by atoms with Gasteiger partial charge in [-0.1, -0.05) is 26.0 Å². The van der Waals surface area contributed by atoms with Gasteiger partial charge in [-0.15, -0.1) is 5.10 Å². The number of anilines is 3. The standard InChI is InChI=1S/C16H21N5O/c1-11(2)7-8-17-16-20-15(10-18-21-16)19-14-6-4-5-13(9-14)12(3)22/h4-6,9-11H,7-8H2,1-3H3,(H2,17,19,20,21). The first-order valence-electron chi connectivity index (χ1n) is 7.36. The second kappa shape index (κ2) is 7.49. The summed E-state index contributed by atoms with van der Waals surface area (Å²) in [7, 11) is 0. The van der Waals surface area contributed by atoms with Crippen LogP contribution in [0.3, 0.4) is 0 Å². The van der Waals surface area contributed by atoms with Crippen molar-refractivity contribution in [2.75, 3.05) is 17.2 Å². The summed E-state index contributed by atoms with van der Waals surface area (Å²) in [5, 5.41) is 14.2. The maximum Gasteiger partial charge on any atom is 0.244 e. The largest absolute Gasteiger partial charge is 0.353 e. The number of nitrogens with zero attached hydrogens (tertiary/aromatic N) is 3. The van der Waals surface area contributed by atoms with Crippen molar-refractivity contribution < 1.29 is 4.79 Å². The quantitative estimate of drug-likeness (QED) is 0.764. The van der Waals surface area contributed by atoms with Crippen LogP contribution in [0.15, 0.2) is 30.5 Å². The van der Waals surface area contributed by atoms with E-state index in [0.29, 0.717) is 23.2 Å². The number of hydrogen-bond acceptors (Lipinski definition) is 6. The highest BCUT2D eigenvalue weighted by Crippen LogP contribution is 2.16. The summed E-state index contributed by atoms with van der Waals surface area (Å²) in [6.45, 7) is 6.69. The van der Waals surface area contributed by atoms with E-state index in [-0.39, 0.29) is 5.78 Å². The average Bonchev–Trinajstić information content (AvgIpc) is 2.47. The zero-order valence-electron chi connectivity index (χ0n) is 13.1. The van der Waals surface area contributed by atoms with E-state index in [1.54, 1.807) is 25.3 Å². The topological polar surface area (TPSA) is 79.8 Å². The lowest BCUT2D eigenvalue weighted by molar-refractivity contribution is 0.101. The third-order valence-corrected chi connectivity index (χ3v) is 3.11. The Labute approximate surface area is 130 Å². The van der Waals surface area contributed by atoms with Gasteiger partial charge in [0.1, 0.15) is 0 Å². The summed E-state index contributed by atoms with van der Waals surface area (Å²) in [6.07, 6.45) is 2.59. The van der Waals surface area contributed by atoms with E-state index < -0.39 is 0 Å². The van der Waals surface area contributed by atoms with Crippen LogP contribution in [0.4, 0.5) is 17.5 Å². The van der Waals surface area contributed by atoms with Crippen LogP contribution < -0.4 is 10.6 Å². The minimum absolute atomic E-state index is 0.0282. The smallest absolute Gasteiger partial charge is 0.244 e. The molecule has 0 fully saturated rings. The molecular formula is C16H21N5O. The summed E-state index contributed by atoms with van der Waals surface area (Å²) in [4.78, 5) is 15.8. The van der Waals surface area contributed by atoms with Gasteiger partial charge in [0.15, 0.2) is 11.6 Å². The Morgan fingerprint density at radius 2 is 2.14 bits per heavy atom. The summed E-state index contributed by atoms with van der Waals surface area (Å²) in [5.74, 6) is 1.73. The third-order valence-electron chi connectivity index (χ3n) is 3.11. The first kappa shape index (κ1) is 15.9. The van der Waals surface area contributed by atoms with Crippen LogP contribution in [0.2, 0.25) is 0 Å². The first-order chi connectivity index (χ1) is 10.5. The highest BCUT2D eigenvalue weighted by Gasteiger charge is 2.04. The number of rotatable bonds is 7. The van der Waals surface area contributed by atoms with Gasteiger partial charge in [0.2, 0.25) is 5.95 Å². The van der Waals surface area contributed by atoms with Gasteiger partial charge in [0.05, 0.1) is 6.20 Å². The Kier molecular flexibility index (Phi) is 5.41. The van der Waals surface area contributed by atoms with Crippen molar-refractivity contribution in [1.29, 1.82) is 0 Å². The number of Topliss-reactive ketones (excluding diaryl/α,β-unsaturated/α-hetero) is 1. The van der Waals surface area contributed by atoms with Gasteiger partial charge in [0, 0.05) is 17.8 Å². The van der Waals surface area contributed by atoms with Crippen molar-refractivity contribution >= 4 is 23.2 Å². The SMILES string of the molecule is CC(=O)c1cccc(Nc2cnnc(NCCC(C)C)n2)c1. The van der Waals surface area contributed by atoms with Crippen molar-refractivity contribution in [2.24, 2.45) is 5.92 Å². The van der Waals surface area contributed by atoms with Crippen LogP contribution >= 0.6 is 0 Å². The van der Waals surface area contributed by atoms with Crippen LogP contribution in [0.5, 0.6) is 0 Å². The molecule has 0 radical (unpaired) electrons. The van der Waals surface area contributed by atoms with Crippen molar-refractivity contribution in [3.8, 4) is 0 Å². The fourth-order valence-corrected chi connectivity index (χ4v) is 1.88. The van der Waals surface area contributed by atoms with E-state index in [9.17, 15) is 4.79 Å². The van der Waals surface area contributed by atoms with Crippen molar-refractivity contribution in [1.82, 2.24) is 15.2 Å². The highest BCUT2D eigenvalue weighted by atomic mass is 16.1. The molecule has 0 aliphatic heterocycles. The molecular weight excluding hydrogens is 278 g/mol. The molecule has 0 aliphatic carbocycles. The van der Waals surface area contributed by atoms with E-state index >= 15 is 0 Å². The Balaban J connectivity index is 2.03. The zero-order chi connectivity index (χ0) is 15.9. The molecule has 6 heteroatoms. The van der Waals surface area contributed by atoms with Crippen molar-refractivity contribution in [3.63, 3.8) is 0 Å². The molecule has 2 N–H and O–H groups in total. The number of ketones is 1. The molecule has 116 valence electrons. The van der Waals surface area contributed by atoms with E-state index in [1.165, 1.54) is 0 Å². The Morgan fingerprint density at radius 3 is 2.86 bits per heavy atom. The lowest BCUT2D eigenvalue weighted by atomic mass is 10.1. The number of carbonyl (C=O) groups excluding carboxylic acids is 1. The molecule has 1 aromatic carbocycles. The molecule has 0 unspecified atom stereocenters. The molecule has 0 amide bonds. The monoisotopic (exact) mass is 299 g/mol. The van der Waals surface area contributed by atoms with Crippen molar-refractivity contribution in [3.05, 3.63) is 36.0 Å². The van der Waals surface area contributed by atoms with Gasteiger partial charge in [0.25, 0.3) is 0 Å². The molecule has 22 heavy (non-hydrogen) atoms. The van der Waals surface area contributed by atoms with Crippen LogP contribution in [0.25, 0.3) is 0 Å². The highest BCUT2D eigenvalue weighted by molar-refractivity contribution is 5.95. The van der Waals surface area contributed by atoms with Gasteiger partial charge in [-0.05, 0) is 31.4 Å². The minimum atomic E-state index is 0.0282. The number of nitrogens with one attached hydrogen (secondary N) is 2. The Hall–Kier alpha value is -2.50. The predicted molar refractivity (Wildman–Crippen MR) is 87.5 cm³/mol. The maximum absolute atomic E-state index is 11.4. The number of benzene rings is 1. The van der Waals surface area contributed by atoms with Gasteiger partial charge in [-0.2, -0.15) is 10.1 Å². The van der Waals surface area contributed by atoms with E-state index in [1.807, 2.05) is 12.1 Å². The molecule has 6 nitrogen and oxygen atoms in total. The average molecular weight is 299 g/mol. The summed E-state index contributed by atoms with van der Waals surface area (Å²) in [5.41, 5.74) is 1.45. The first-order valence-corrected chi connectivity index (χ1v) is 7.36. The predicted octanol–water partition coefficient (Wildman–Crippen LogP) is 3.28. The minimum Gasteiger partial charge on any atom is -0.353 e. The molecule has 0 saturated carbocycles. The fourth-order valence-electron chi connectivity index (χ4n) is 1.88. The second-order valence-corrected chi connectivity index (χ2v) is 5.54. The van der Waals surface area contributed by atoms with Gasteiger partial charge in [-0.25, -0.2) is 0 Å². The molecule has 0 spiro atoms. The molecule has 0 bridgehead atoms. The molecule has 0 saturated heterocycles. The lowest BCUT2D eigenvalue weighted by Crippen LogP contribution is -2.09. The Bertz CT molecular complexity index is 642. The molecule has 1 aromatic heterocycles. The molecule has 0 aliphatic rings. The lowest BCUT2D eigenvalue weighted by Gasteiger charge is -2.09. The van der Waals surface area contributed by atoms with Gasteiger partial charge in [-0.3, -0.25) is 4.79 Å². The molecule has 1 heterocycles. The van der Waals surface area contributed by atoms with Crippen LogP contribution in [-0.2, 0) is 0 Å². The van der Waals surface area contributed by atoms with Crippen molar-refractivity contribution in [2.45, 2.75) is 27.2 Å². The molecule has 2 rings (SSSR count). The zero-order valence-corrected chi connectivity index (χ0v) is 13.1. The van der Waals surface area contributed by atoms with Crippen LogP contribution in [0.1, 0.15) is 37.6 Å². The second-order valence-electron chi connectivity index (χ2n) is 5.54. The van der Waals surface area contributed by atoms with Crippen LogP contribution in [0, 0.1) is 5.92 Å². The summed E-state index contributed by atoms with van der Waals surface area (Å²) < 4.78 is 0. The van der Waals surface area contributed by atoms with Gasteiger partial charge >= 0.3 is 0 Å². The maximum atomic E-state index is 11.4. The van der Waals surface area contributed by atoms with Crippen LogP contribution in [-0.4, -0.2) is 27.5 Å². The normalized spacial score (nSPS) is 10.5. The molecule has 2 aromatic rings. The summed E-state index contributed by atoms with van der Waals surface area (Å²) in [6, 6.07) is 7.27.